The van der Waals surface area contributed by atoms with Gasteiger partial charge in [0.1, 0.15) is 6.10 Å². The molecule has 0 aliphatic heterocycles. The molecule has 0 bridgehead atoms. The van der Waals surface area contributed by atoms with Crippen molar-refractivity contribution in [3.05, 3.63) is 11.7 Å². The van der Waals surface area contributed by atoms with Crippen LogP contribution < -0.4 is 0 Å². The van der Waals surface area contributed by atoms with Crippen LogP contribution in [0.2, 0.25) is 0 Å². The SMILES string of the molecule is CCOC(c1noc(CC2CCCCC2O)n1)C(C)C. The summed E-state index contributed by atoms with van der Waals surface area (Å²) in [7, 11) is 0. The summed E-state index contributed by atoms with van der Waals surface area (Å²) in [6, 6.07) is 0. The van der Waals surface area contributed by atoms with Crippen molar-refractivity contribution in [3.63, 3.8) is 0 Å². The summed E-state index contributed by atoms with van der Waals surface area (Å²) < 4.78 is 11.0. The monoisotopic (exact) mass is 282 g/mol. The van der Waals surface area contributed by atoms with E-state index in [2.05, 4.69) is 24.0 Å². The smallest absolute Gasteiger partial charge is 0.227 e. The molecule has 1 aromatic heterocycles. The Kier molecular flexibility index (Phi) is 5.54. The molecule has 114 valence electrons. The number of aliphatic hydroxyl groups excluding tert-OH is 1. The lowest BCUT2D eigenvalue weighted by atomic mass is 9.84. The molecule has 0 amide bonds. The van der Waals surface area contributed by atoms with E-state index in [1.165, 1.54) is 6.42 Å². The highest BCUT2D eigenvalue weighted by Gasteiger charge is 2.27. The molecule has 1 aromatic rings. The number of nitrogens with zero attached hydrogens (tertiary/aromatic N) is 2. The Morgan fingerprint density at radius 1 is 1.35 bits per heavy atom. The molecular weight excluding hydrogens is 256 g/mol. The molecule has 1 aliphatic carbocycles. The van der Waals surface area contributed by atoms with Crippen molar-refractivity contribution in [1.82, 2.24) is 10.1 Å². The van der Waals surface area contributed by atoms with Gasteiger partial charge in [0.15, 0.2) is 0 Å². The van der Waals surface area contributed by atoms with Crippen molar-refractivity contribution in [2.75, 3.05) is 6.61 Å². The number of hydrogen-bond donors (Lipinski definition) is 1. The lowest BCUT2D eigenvalue weighted by Crippen LogP contribution is -2.26. The Morgan fingerprint density at radius 3 is 2.75 bits per heavy atom. The van der Waals surface area contributed by atoms with Crippen LogP contribution in [0.1, 0.15) is 64.3 Å². The lowest BCUT2D eigenvalue weighted by Gasteiger charge is -2.26. The number of aromatic nitrogens is 2. The lowest BCUT2D eigenvalue weighted by molar-refractivity contribution is 0.0217. The molecule has 1 saturated carbocycles. The number of hydrogen-bond acceptors (Lipinski definition) is 5. The first-order chi connectivity index (χ1) is 9.61. The second kappa shape index (κ2) is 7.18. The Labute approximate surface area is 120 Å². The maximum atomic E-state index is 10.0. The van der Waals surface area contributed by atoms with Gasteiger partial charge in [-0.05, 0) is 31.6 Å². The second-order valence-corrected chi connectivity index (χ2v) is 5.98. The predicted molar refractivity (Wildman–Crippen MR) is 75.2 cm³/mol. The standard InChI is InChI=1S/C15H26N2O3/c1-4-19-14(10(2)3)15-16-13(20-17-15)9-11-7-5-6-8-12(11)18/h10-12,14,18H,4-9H2,1-3H3. The van der Waals surface area contributed by atoms with Crippen LogP contribution in [0, 0.1) is 11.8 Å². The molecule has 0 radical (unpaired) electrons. The van der Waals surface area contributed by atoms with Crippen LogP contribution in [-0.4, -0.2) is 28.0 Å². The maximum absolute atomic E-state index is 10.0. The molecule has 0 aromatic carbocycles. The van der Waals surface area contributed by atoms with Gasteiger partial charge in [0, 0.05) is 13.0 Å². The molecule has 5 nitrogen and oxygen atoms in total. The predicted octanol–water partition coefficient (Wildman–Crippen LogP) is 2.90. The zero-order valence-corrected chi connectivity index (χ0v) is 12.7. The fraction of sp³-hybridized carbons (Fsp3) is 0.867. The van der Waals surface area contributed by atoms with Crippen molar-refractivity contribution in [1.29, 1.82) is 0 Å². The van der Waals surface area contributed by atoms with Gasteiger partial charge >= 0.3 is 0 Å². The molecule has 3 atom stereocenters. The molecule has 0 spiro atoms. The maximum Gasteiger partial charge on any atom is 0.227 e. The molecule has 1 fully saturated rings. The van der Waals surface area contributed by atoms with E-state index in [0.717, 1.165) is 19.3 Å². The number of ether oxygens (including phenoxy) is 1. The highest BCUT2D eigenvalue weighted by atomic mass is 16.5. The third-order valence-corrected chi connectivity index (χ3v) is 4.00. The minimum Gasteiger partial charge on any atom is -0.393 e. The number of rotatable bonds is 6. The molecule has 2 rings (SSSR count). The average Bonchev–Trinajstić information content (AvgIpc) is 2.86. The zero-order valence-electron chi connectivity index (χ0n) is 12.7. The summed E-state index contributed by atoms with van der Waals surface area (Å²) >= 11 is 0. The fourth-order valence-corrected chi connectivity index (χ4v) is 2.86. The Hall–Kier alpha value is -0.940. The number of aliphatic hydroxyl groups is 1. The molecule has 1 N–H and O–H groups in total. The van der Waals surface area contributed by atoms with Gasteiger partial charge in [0.25, 0.3) is 0 Å². The van der Waals surface area contributed by atoms with Crippen LogP contribution in [0.25, 0.3) is 0 Å². The van der Waals surface area contributed by atoms with E-state index < -0.39 is 0 Å². The van der Waals surface area contributed by atoms with Crippen LogP contribution in [0.3, 0.4) is 0 Å². The first-order valence-corrected chi connectivity index (χ1v) is 7.74. The minimum atomic E-state index is -0.230. The normalized spacial score (nSPS) is 25.1. The van der Waals surface area contributed by atoms with E-state index in [-0.39, 0.29) is 18.1 Å². The van der Waals surface area contributed by atoms with Crippen LogP contribution in [0.5, 0.6) is 0 Å². The van der Waals surface area contributed by atoms with Crippen LogP contribution in [0.4, 0.5) is 0 Å². The van der Waals surface area contributed by atoms with Gasteiger partial charge in [-0.1, -0.05) is 31.8 Å². The van der Waals surface area contributed by atoms with Crippen LogP contribution >= 0.6 is 0 Å². The van der Waals surface area contributed by atoms with Crippen molar-refractivity contribution in [2.24, 2.45) is 11.8 Å². The van der Waals surface area contributed by atoms with Gasteiger partial charge < -0.3 is 14.4 Å². The van der Waals surface area contributed by atoms with Gasteiger partial charge in [-0.3, -0.25) is 0 Å². The van der Waals surface area contributed by atoms with Crippen molar-refractivity contribution in [3.8, 4) is 0 Å². The van der Waals surface area contributed by atoms with Gasteiger partial charge in [-0.15, -0.1) is 0 Å². The Bertz CT molecular complexity index is 406. The molecule has 3 unspecified atom stereocenters. The van der Waals surface area contributed by atoms with Crippen LogP contribution in [-0.2, 0) is 11.2 Å². The highest BCUT2D eigenvalue weighted by Crippen LogP contribution is 2.28. The second-order valence-electron chi connectivity index (χ2n) is 5.98. The minimum absolute atomic E-state index is 0.117. The summed E-state index contributed by atoms with van der Waals surface area (Å²) in [4.78, 5) is 4.47. The molecule has 1 aliphatic rings. The quantitative estimate of drug-likeness (QED) is 0.869. The van der Waals surface area contributed by atoms with Gasteiger partial charge in [-0.2, -0.15) is 4.98 Å². The first kappa shape index (κ1) is 15.4. The molecule has 0 saturated heterocycles. The summed E-state index contributed by atoms with van der Waals surface area (Å²) in [5, 5.41) is 14.1. The van der Waals surface area contributed by atoms with Crippen molar-refractivity contribution < 1.29 is 14.4 Å². The molecule has 20 heavy (non-hydrogen) atoms. The summed E-state index contributed by atoms with van der Waals surface area (Å²) in [6.07, 6.45) is 4.55. The van der Waals surface area contributed by atoms with E-state index in [0.29, 0.717) is 30.7 Å². The first-order valence-electron chi connectivity index (χ1n) is 7.74. The van der Waals surface area contributed by atoms with Crippen molar-refractivity contribution >= 4 is 0 Å². The Morgan fingerprint density at radius 2 is 2.10 bits per heavy atom. The van der Waals surface area contributed by atoms with E-state index in [1.54, 1.807) is 0 Å². The van der Waals surface area contributed by atoms with Gasteiger partial charge in [0.05, 0.1) is 6.10 Å². The van der Waals surface area contributed by atoms with Crippen LogP contribution in [0.15, 0.2) is 4.52 Å². The Balaban J connectivity index is 2.00. The fourth-order valence-electron chi connectivity index (χ4n) is 2.86. The topological polar surface area (TPSA) is 68.4 Å². The molecule has 1 heterocycles. The van der Waals surface area contributed by atoms with E-state index in [9.17, 15) is 5.11 Å². The van der Waals surface area contributed by atoms with Crippen molar-refractivity contribution in [2.45, 2.75) is 65.1 Å². The average molecular weight is 282 g/mol. The van der Waals surface area contributed by atoms with E-state index in [4.69, 9.17) is 9.26 Å². The molecular formula is C15H26N2O3. The van der Waals surface area contributed by atoms with Gasteiger partial charge in [0.2, 0.25) is 11.7 Å². The van der Waals surface area contributed by atoms with E-state index in [1.807, 2.05) is 6.92 Å². The summed E-state index contributed by atoms with van der Waals surface area (Å²) in [5.74, 6) is 1.81. The van der Waals surface area contributed by atoms with E-state index >= 15 is 0 Å². The molecule has 5 heteroatoms. The summed E-state index contributed by atoms with van der Waals surface area (Å²) in [5.41, 5.74) is 0. The highest BCUT2D eigenvalue weighted by molar-refractivity contribution is 4.95. The summed E-state index contributed by atoms with van der Waals surface area (Å²) in [6.45, 7) is 6.77. The third kappa shape index (κ3) is 3.79. The largest absolute Gasteiger partial charge is 0.393 e. The third-order valence-electron chi connectivity index (χ3n) is 4.00. The zero-order chi connectivity index (χ0) is 14.5. The van der Waals surface area contributed by atoms with Gasteiger partial charge in [-0.25, -0.2) is 0 Å².